The maximum atomic E-state index is 13.4. The van der Waals surface area contributed by atoms with Gasteiger partial charge in [-0.2, -0.15) is 0 Å². The molecule has 0 aliphatic heterocycles. The number of esters is 1. The van der Waals surface area contributed by atoms with E-state index in [4.69, 9.17) is 34.8 Å². The second-order valence-electron chi connectivity index (χ2n) is 3.79. The molecule has 0 saturated carbocycles. The Morgan fingerprint density at radius 1 is 1.20 bits per heavy atom. The Hall–Kier alpha value is -1.36. The normalized spacial score (nSPS) is 10.4. The third kappa shape index (κ3) is 2.87. The van der Waals surface area contributed by atoms with Crippen molar-refractivity contribution in [3.63, 3.8) is 0 Å². The summed E-state index contributed by atoms with van der Waals surface area (Å²) in [5, 5.41) is 0.636. The van der Waals surface area contributed by atoms with Gasteiger partial charge >= 0.3 is 5.97 Å². The fourth-order valence-corrected chi connectivity index (χ4v) is 2.36. The molecule has 0 unspecified atom stereocenters. The standard InChI is InChI=1S/C13H7Cl3FNO2/c1-20-13(19)12-9(4-7(17)5-18-12)8-2-6(14)3-10(15)11(8)16/h2-5H,1H3. The van der Waals surface area contributed by atoms with Crippen molar-refractivity contribution in [1.29, 1.82) is 0 Å². The van der Waals surface area contributed by atoms with Gasteiger partial charge in [-0.3, -0.25) is 0 Å². The van der Waals surface area contributed by atoms with E-state index in [9.17, 15) is 9.18 Å². The van der Waals surface area contributed by atoms with Gasteiger partial charge in [0.1, 0.15) is 5.82 Å². The molecule has 0 atom stereocenters. The first-order valence-electron chi connectivity index (χ1n) is 5.32. The lowest BCUT2D eigenvalue weighted by molar-refractivity contribution is 0.0595. The molecule has 0 N–H and O–H groups in total. The van der Waals surface area contributed by atoms with E-state index in [-0.39, 0.29) is 21.3 Å². The highest BCUT2D eigenvalue weighted by Crippen LogP contribution is 2.37. The van der Waals surface area contributed by atoms with Crippen LogP contribution in [0.2, 0.25) is 15.1 Å². The summed E-state index contributed by atoms with van der Waals surface area (Å²) in [5.41, 5.74) is 0.386. The van der Waals surface area contributed by atoms with E-state index in [0.717, 1.165) is 12.3 Å². The maximum absolute atomic E-state index is 13.4. The van der Waals surface area contributed by atoms with Crippen molar-refractivity contribution in [2.24, 2.45) is 0 Å². The average molecular weight is 335 g/mol. The highest BCUT2D eigenvalue weighted by molar-refractivity contribution is 6.45. The second kappa shape index (κ2) is 5.95. The van der Waals surface area contributed by atoms with Crippen molar-refractivity contribution in [1.82, 2.24) is 4.98 Å². The lowest BCUT2D eigenvalue weighted by atomic mass is 10.0. The Balaban J connectivity index is 2.75. The number of hydrogen-bond donors (Lipinski definition) is 0. The molecule has 0 spiro atoms. The Kier molecular flexibility index (Phi) is 4.48. The predicted octanol–water partition coefficient (Wildman–Crippen LogP) is 4.63. The highest BCUT2D eigenvalue weighted by atomic mass is 35.5. The van der Waals surface area contributed by atoms with Gasteiger partial charge in [-0.25, -0.2) is 14.2 Å². The second-order valence-corrected chi connectivity index (χ2v) is 5.01. The number of rotatable bonds is 2. The molecule has 1 aromatic carbocycles. The van der Waals surface area contributed by atoms with Gasteiger partial charge in [0, 0.05) is 16.1 Å². The number of aromatic nitrogens is 1. The highest BCUT2D eigenvalue weighted by Gasteiger charge is 2.19. The smallest absolute Gasteiger partial charge is 0.357 e. The molecule has 2 rings (SSSR count). The molecule has 3 nitrogen and oxygen atoms in total. The van der Waals surface area contributed by atoms with Crippen LogP contribution >= 0.6 is 34.8 Å². The number of carbonyl (C=O) groups is 1. The Morgan fingerprint density at radius 3 is 2.55 bits per heavy atom. The first-order valence-corrected chi connectivity index (χ1v) is 6.46. The fraction of sp³-hybridized carbons (Fsp3) is 0.0769. The van der Waals surface area contributed by atoms with Crippen molar-refractivity contribution >= 4 is 40.8 Å². The van der Waals surface area contributed by atoms with Gasteiger partial charge in [-0.05, 0) is 18.2 Å². The zero-order valence-electron chi connectivity index (χ0n) is 10.1. The molecular formula is C13H7Cl3FNO2. The number of carbonyl (C=O) groups excluding carboxylic acids is 1. The summed E-state index contributed by atoms with van der Waals surface area (Å²) in [6.07, 6.45) is 0.913. The van der Waals surface area contributed by atoms with Crippen LogP contribution in [0.15, 0.2) is 24.4 Å². The van der Waals surface area contributed by atoms with Crippen LogP contribution in [0.3, 0.4) is 0 Å². The van der Waals surface area contributed by atoms with Crippen molar-refractivity contribution in [2.75, 3.05) is 7.11 Å². The molecule has 0 saturated heterocycles. The summed E-state index contributed by atoms with van der Waals surface area (Å²) in [7, 11) is 1.20. The van der Waals surface area contributed by atoms with E-state index in [1.54, 1.807) is 0 Å². The van der Waals surface area contributed by atoms with Gasteiger partial charge in [-0.15, -0.1) is 0 Å². The molecule has 7 heteroatoms. The molecular weight excluding hydrogens is 328 g/mol. The predicted molar refractivity (Wildman–Crippen MR) is 76.0 cm³/mol. The van der Waals surface area contributed by atoms with E-state index >= 15 is 0 Å². The molecule has 0 bridgehead atoms. The molecule has 0 aliphatic carbocycles. The third-order valence-corrected chi connectivity index (χ3v) is 3.54. The third-order valence-electron chi connectivity index (χ3n) is 2.52. The van der Waals surface area contributed by atoms with E-state index in [2.05, 4.69) is 9.72 Å². The summed E-state index contributed by atoms with van der Waals surface area (Å²) in [6.45, 7) is 0. The lowest BCUT2D eigenvalue weighted by Crippen LogP contribution is -2.07. The fourth-order valence-electron chi connectivity index (χ4n) is 1.66. The molecule has 2 aromatic rings. The quantitative estimate of drug-likeness (QED) is 0.593. The molecule has 0 aliphatic rings. The van der Waals surface area contributed by atoms with Crippen LogP contribution in [-0.2, 0) is 4.74 Å². The minimum atomic E-state index is -0.716. The van der Waals surface area contributed by atoms with Crippen molar-refractivity contribution in [3.05, 3.63) is 51.0 Å². The number of hydrogen-bond acceptors (Lipinski definition) is 3. The van der Waals surface area contributed by atoms with Crippen LogP contribution in [-0.4, -0.2) is 18.1 Å². The first-order chi connectivity index (χ1) is 9.43. The van der Waals surface area contributed by atoms with Crippen LogP contribution < -0.4 is 0 Å². The molecule has 1 aromatic heterocycles. The Morgan fingerprint density at radius 2 is 1.90 bits per heavy atom. The Bertz CT molecular complexity index is 692. The largest absolute Gasteiger partial charge is 0.464 e. The molecule has 0 fully saturated rings. The monoisotopic (exact) mass is 333 g/mol. The average Bonchev–Trinajstić information content (AvgIpc) is 2.42. The van der Waals surface area contributed by atoms with E-state index in [0.29, 0.717) is 10.6 Å². The van der Waals surface area contributed by atoms with E-state index in [1.165, 1.54) is 19.2 Å². The van der Waals surface area contributed by atoms with Crippen LogP contribution in [0, 0.1) is 5.82 Å². The molecule has 104 valence electrons. The topological polar surface area (TPSA) is 39.2 Å². The van der Waals surface area contributed by atoms with Crippen molar-refractivity contribution in [3.8, 4) is 11.1 Å². The maximum Gasteiger partial charge on any atom is 0.357 e. The van der Waals surface area contributed by atoms with Crippen molar-refractivity contribution in [2.45, 2.75) is 0 Å². The Labute approximate surface area is 129 Å². The van der Waals surface area contributed by atoms with Gasteiger partial charge in [-0.1, -0.05) is 34.8 Å². The van der Waals surface area contributed by atoms with E-state index in [1.807, 2.05) is 0 Å². The zero-order chi connectivity index (χ0) is 14.9. The lowest BCUT2D eigenvalue weighted by Gasteiger charge is -2.10. The van der Waals surface area contributed by atoms with Crippen LogP contribution in [0.1, 0.15) is 10.5 Å². The van der Waals surface area contributed by atoms with E-state index < -0.39 is 11.8 Å². The van der Waals surface area contributed by atoms with Crippen LogP contribution in [0.5, 0.6) is 0 Å². The molecule has 1 heterocycles. The number of ether oxygens (including phenoxy) is 1. The van der Waals surface area contributed by atoms with Crippen molar-refractivity contribution < 1.29 is 13.9 Å². The van der Waals surface area contributed by atoms with Gasteiger partial charge in [0.05, 0.1) is 23.4 Å². The summed E-state index contributed by atoms with van der Waals surface area (Å²) < 4.78 is 18.0. The minimum absolute atomic E-state index is 0.0749. The summed E-state index contributed by atoms with van der Waals surface area (Å²) in [4.78, 5) is 15.4. The van der Waals surface area contributed by atoms with Gasteiger partial charge < -0.3 is 4.74 Å². The number of nitrogens with zero attached hydrogens (tertiary/aromatic N) is 1. The molecule has 0 radical (unpaired) electrons. The summed E-state index contributed by atoms with van der Waals surface area (Å²) in [5.74, 6) is -1.34. The first kappa shape index (κ1) is 15.0. The number of methoxy groups -OCH3 is 1. The van der Waals surface area contributed by atoms with Gasteiger partial charge in [0.25, 0.3) is 0 Å². The number of halogens is 4. The summed E-state index contributed by atoms with van der Waals surface area (Å²) in [6, 6.07) is 4.03. The van der Waals surface area contributed by atoms with Gasteiger partial charge in [0.15, 0.2) is 5.69 Å². The van der Waals surface area contributed by atoms with Gasteiger partial charge in [0.2, 0.25) is 0 Å². The number of benzene rings is 1. The van der Waals surface area contributed by atoms with Crippen LogP contribution in [0.25, 0.3) is 11.1 Å². The van der Waals surface area contributed by atoms with Crippen LogP contribution in [0.4, 0.5) is 4.39 Å². The summed E-state index contributed by atoms with van der Waals surface area (Å²) >= 11 is 17.9. The zero-order valence-corrected chi connectivity index (χ0v) is 12.4. The molecule has 0 amide bonds. The minimum Gasteiger partial charge on any atom is -0.464 e. The number of pyridine rings is 1. The SMILES string of the molecule is COC(=O)c1ncc(F)cc1-c1cc(Cl)cc(Cl)c1Cl. The molecule has 20 heavy (non-hydrogen) atoms.